The molecule has 1 heterocycles. The zero-order valence-electron chi connectivity index (χ0n) is 31.4. The number of fused-ring (bicyclic) bond motifs is 6. The molecule has 10 aromatic rings. The Hall–Kier alpha value is -7.58. The summed E-state index contributed by atoms with van der Waals surface area (Å²) in [6.07, 6.45) is 0. The highest BCUT2D eigenvalue weighted by atomic mass is 16.3. The van der Waals surface area contributed by atoms with Crippen molar-refractivity contribution in [2.45, 2.75) is 6.92 Å². The molecule has 0 saturated carbocycles. The van der Waals surface area contributed by atoms with Crippen LogP contribution in [0.3, 0.4) is 0 Å². The third-order valence-corrected chi connectivity index (χ3v) is 10.9. The van der Waals surface area contributed by atoms with Crippen LogP contribution in [0, 0.1) is 0 Å². The van der Waals surface area contributed by atoms with Crippen molar-refractivity contribution in [2.24, 2.45) is 9.98 Å². The Bertz CT molecular complexity index is 3290. The lowest BCUT2D eigenvalue weighted by molar-refractivity contribution is 0.670. The summed E-state index contributed by atoms with van der Waals surface area (Å²) in [4.78, 5) is 10.1. The lowest BCUT2D eigenvalue weighted by atomic mass is 9.93. The van der Waals surface area contributed by atoms with E-state index in [1.54, 1.807) is 0 Å². The largest absolute Gasteiger partial charge is 0.455 e. The fraction of sp³-hybridized carbons (Fsp3) is 0.0185. The lowest BCUT2D eigenvalue weighted by Crippen LogP contribution is -2.04. The maximum Gasteiger partial charge on any atom is 0.160 e. The molecule has 0 aliphatic rings. The molecule has 0 spiro atoms. The van der Waals surface area contributed by atoms with E-state index < -0.39 is 0 Å². The molecular formula is C54H36N2O. The van der Waals surface area contributed by atoms with Crippen LogP contribution in [0.2, 0.25) is 0 Å². The molecule has 0 unspecified atom stereocenters. The Kier molecular flexibility index (Phi) is 8.49. The van der Waals surface area contributed by atoms with Crippen molar-refractivity contribution in [3.63, 3.8) is 0 Å². The van der Waals surface area contributed by atoms with Crippen LogP contribution in [0.5, 0.6) is 0 Å². The minimum Gasteiger partial charge on any atom is -0.455 e. The first-order valence-electron chi connectivity index (χ1n) is 19.2. The van der Waals surface area contributed by atoms with Gasteiger partial charge >= 0.3 is 0 Å². The minimum atomic E-state index is 0.600. The number of furan rings is 1. The monoisotopic (exact) mass is 728 g/mol. The number of nitrogens with zero attached hydrogens (tertiary/aromatic N) is 2. The molecule has 1 aromatic heterocycles. The molecule has 0 bridgehead atoms. The van der Waals surface area contributed by atoms with Gasteiger partial charge in [0.05, 0.1) is 0 Å². The second kappa shape index (κ2) is 14.2. The predicted molar refractivity (Wildman–Crippen MR) is 241 cm³/mol. The predicted octanol–water partition coefficient (Wildman–Crippen LogP) is 14.5. The summed E-state index contributed by atoms with van der Waals surface area (Å²) < 4.78 is 6.82. The molecule has 0 saturated heterocycles. The zero-order valence-corrected chi connectivity index (χ0v) is 31.4. The van der Waals surface area contributed by atoms with Gasteiger partial charge in [-0.15, -0.1) is 5.73 Å². The number of hydrogen-bond acceptors (Lipinski definition) is 2. The van der Waals surface area contributed by atoms with Crippen molar-refractivity contribution >= 4 is 71.5 Å². The molecule has 0 radical (unpaired) electrons. The van der Waals surface area contributed by atoms with Crippen LogP contribution in [-0.4, -0.2) is 11.5 Å². The van der Waals surface area contributed by atoms with Crippen molar-refractivity contribution in [1.29, 1.82) is 0 Å². The number of amidine groups is 1. The zero-order chi connectivity index (χ0) is 38.3. The van der Waals surface area contributed by atoms with Gasteiger partial charge in [0.1, 0.15) is 16.9 Å². The van der Waals surface area contributed by atoms with E-state index in [1.807, 2.05) is 37.3 Å². The second-order valence-electron chi connectivity index (χ2n) is 14.4. The molecule has 10 rings (SSSR count). The molecule has 0 aliphatic carbocycles. The van der Waals surface area contributed by atoms with E-state index >= 15 is 0 Å². The van der Waals surface area contributed by atoms with Crippen LogP contribution < -0.4 is 0 Å². The second-order valence-corrected chi connectivity index (χ2v) is 14.4. The molecule has 9 aromatic carbocycles. The maximum absolute atomic E-state index is 6.82. The van der Waals surface area contributed by atoms with Crippen LogP contribution >= 0.6 is 0 Å². The van der Waals surface area contributed by atoms with Gasteiger partial charge in [0.2, 0.25) is 0 Å². The van der Waals surface area contributed by atoms with Gasteiger partial charge in [-0.25, -0.2) is 9.98 Å². The minimum absolute atomic E-state index is 0.600. The van der Waals surface area contributed by atoms with Gasteiger partial charge in [-0.2, -0.15) is 0 Å². The first-order chi connectivity index (χ1) is 28.1. The Balaban J connectivity index is 1.01. The fourth-order valence-electron chi connectivity index (χ4n) is 7.90. The Morgan fingerprint density at radius 1 is 0.456 bits per heavy atom. The van der Waals surface area contributed by atoms with Crippen molar-refractivity contribution in [2.75, 3.05) is 0 Å². The Labute approximate surface area is 330 Å². The van der Waals surface area contributed by atoms with Gasteiger partial charge in [-0.3, -0.25) is 0 Å². The van der Waals surface area contributed by atoms with Crippen LogP contribution in [0.15, 0.2) is 215 Å². The van der Waals surface area contributed by atoms with E-state index in [0.717, 1.165) is 66.6 Å². The van der Waals surface area contributed by atoms with Gasteiger partial charge in [0.25, 0.3) is 0 Å². The van der Waals surface area contributed by atoms with Crippen molar-refractivity contribution < 1.29 is 4.42 Å². The topological polar surface area (TPSA) is 37.9 Å². The Morgan fingerprint density at radius 3 is 1.82 bits per heavy atom. The first-order valence-corrected chi connectivity index (χ1v) is 19.2. The highest BCUT2D eigenvalue weighted by molar-refractivity contribution is 6.19. The third kappa shape index (κ3) is 6.33. The van der Waals surface area contributed by atoms with Gasteiger partial charge in [-0.1, -0.05) is 164 Å². The van der Waals surface area contributed by atoms with E-state index in [0.29, 0.717) is 11.5 Å². The smallest absolute Gasteiger partial charge is 0.160 e. The van der Waals surface area contributed by atoms with E-state index in [-0.39, 0.29) is 0 Å². The fourth-order valence-corrected chi connectivity index (χ4v) is 7.90. The van der Waals surface area contributed by atoms with Crippen LogP contribution in [0.4, 0.5) is 0 Å². The highest BCUT2D eigenvalue weighted by Crippen LogP contribution is 2.42. The van der Waals surface area contributed by atoms with Gasteiger partial charge in [0.15, 0.2) is 5.84 Å². The van der Waals surface area contributed by atoms with Crippen molar-refractivity contribution in [3.8, 4) is 22.3 Å². The molecule has 0 amide bonds. The quantitative estimate of drug-likeness (QED) is 0.0954. The molecule has 57 heavy (non-hydrogen) atoms. The summed E-state index contributed by atoms with van der Waals surface area (Å²) >= 11 is 0. The molecule has 268 valence electrons. The summed E-state index contributed by atoms with van der Waals surface area (Å²) in [6, 6.07) is 65.8. The third-order valence-electron chi connectivity index (χ3n) is 10.9. The number of aliphatic imine (C=N–C) groups is 2. The highest BCUT2D eigenvalue weighted by Gasteiger charge is 2.18. The summed E-state index contributed by atoms with van der Waals surface area (Å²) in [5, 5.41) is 9.37. The van der Waals surface area contributed by atoms with Crippen LogP contribution in [0.25, 0.3) is 82.2 Å². The number of hydrogen-bond donors (Lipinski definition) is 0. The molecule has 3 nitrogen and oxygen atoms in total. The van der Waals surface area contributed by atoms with E-state index in [2.05, 4.69) is 170 Å². The van der Waals surface area contributed by atoms with Crippen LogP contribution in [-0.2, 0) is 0 Å². The SMILES string of the molecule is C=C=C(/N=C(\N=C(/C)c1ccc2ccccc2c1)c1ccccc1)c1ccc(-c2ccc3c(c2)oc2c(-c4ccc5ccccc5c4)c4ccccc4cc23)cc1. The van der Waals surface area contributed by atoms with E-state index in [1.165, 1.54) is 32.3 Å². The Morgan fingerprint density at radius 2 is 1.07 bits per heavy atom. The summed E-state index contributed by atoms with van der Waals surface area (Å²) in [7, 11) is 0. The molecule has 3 heteroatoms. The standard InChI is InChI=1S/C54H36N2O/c1-3-50(56-54(40-15-5-4-6-16-40)55-35(2)41-27-23-36-13-7-9-17-42(36)31-41)39-25-21-38(22-26-39)44-29-30-48-49-33-45-19-11-12-20-47(45)52(53(49)57-51(48)34-44)46-28-24-37-14-8-10-18-43(37)32-46/h4-34H,1H2,2H3/b55-35+,56-54-. The van der Waals surface area contributed by atoms with Gasteiger partial charge in [-0.05, 0) is 91.8 Å². The molecule has 0 atom stereocenters. The number of rotatable bonds is 6. The average molecular weight is 729 g/mol. The van der Waals surface area contributed by atoms with E-state index in [9.17, 15) is 0 Å². The molecule has 0 fully saturated rings. The molecular weight excluding hydrogens is 693 g/mol. The normalized spacial score (nSPS) is 12.2. The van der Waals surface area contributed by atoms with Crippen molar-refractivity contribution in [1.82, 2.24) is 0 Å². The van der Waals surface area contributed by atoms with Gasteiger partial charge < -0.3 is 4.42 Å². The average Bonchev–Trinajstić information content (AvgIpc) is 3.64. The molecule has 0 aliphatic heterocycles. The lowest BCUT2D eigenvalue weighted by Gasteiger charge is -2.10. The summed E-state index contributed by atoms with van der Waals surface area (Å²) in [6.45, 7) is 6.05. The number of benzene rings is 9. The first kappa shape index (κ1) is 33.9. The van der Waals surface area contributed by atoms with Crippen LogP contribution in [0.1, 0.15) is 23.6 Å². The summed E-state index contributed by atoms with van der Waals surface area (Å²) in [5.74, 6) is 0.600. The summed E-state index contributed by atoms with van der Waals surface area (Å²) in [5.41, 5.74) is 13.6. The maximum atomic E-state index is 6.82. The van der Waals surface area contributed by atoms with Crippen molar-refractivity contribution in [3.05, 3.63) is 217 Å². The molecule has 0 N–H and O–H groups in total. The van der Waals surface area contributed by atoms with Gasteiger partial charge in [0, 0.05) is 33.2 Å². The van der Waals surface area contributed by atoms with E-state index in [4.69, 9.17) is 14.4 Å².